The van der Waals surface area contributed by atoms with Crippen LogP contribution in [0, 0.1) is 52.4 Å². The van der Waals surface area contributed by atoms with E-state index in [0.717, 1.165) is 0 Å². The topological polar surface area (TPSA) is 9.23 Å². The van der Waals surface area contributed by atoms with Crippen molar-refractivity contribution in [1.82, 2.24) is 0 Å². The SMILES string of the molecule is CCO[B-]1(c2c(F)c(F)c(F)c(F)c2F)C[P+](C(C)(C)C)(C(C)(C)C)c2c(F)c(F)c(F)c(F)c21. The van der Waals surface area contributed by atoms with Gasteiger partial charge in [-0.3, -0.25) is 0 Å². The molecule has 1 nitrogen and oxygen atoms in total. The van der Waals surface area contributed by atoms with Crippen molar-refractivity contribution < 1.29 is 44.2 Å². The summed E-state index contributed by atoms with van der Waals surface area (Å²) in [5, 5.41) is -2.68. The highest BCUT2D eigenvalue weighted by Gasteiger charge is 2.69. The number of rotatable bonds is 3. The first kappa shape index (κ1) is 27.8. The molecule has 35 heavy (non-hydrogen) atoms. The molecule has 0 bridgehead atoms. The quantitative estimate of drug-likeness (QED) is 0.160. The van der Waals surface area contributed by atoms with E-state index < -0.39 is 105 Å². The van der Waals surface area contributed by atoms with E-state index in [0.29, 0.717) is 0 Å². The minimum absolute atomic E-state index is 0.437. The lowest BCUT2D eigenvalue weighted by molar-refractivity contribution is 0.334. The first-order chi connectivity index (χ1) is 15.8. The molecule has 1 aliphatic rings. The zero-order chi connectivity index (χ0) is 27.0. The van der Waals surface area contributed by atoms with E-state index in [2.05, 4.69) is 0 Å². The molecule has 0 radical (unpaired) electrons. The van der Waals surface area contributed by atoms with Crippen molar-refractivity contribution in [2.45, 2.75) is 58.8 Å². The van der Waals surface area contributed by atoms with Crippen molar-refractivity contribution in [2.24, 2.45) is 0 Å². The predicted molar refractivity (Wildman–Crippen MR) is 120 cm³/mol. The summed E-state index contributed by atoms with van der Waals surface area (Å²) in [6, 6.07) is -0.599. The van der Waals surface area contributed by atoms with Gasteiger partial charge in [-0.1, -0.05) is 10.9 Å². The van der Waals surface area contributed by atoms with Gasteiger partial charge in [0.05, 0.1) is 10.3 Å². The highest BCUT2D eigenvalue weighted by molar-refractivity contribution is 7.89. The standard InChI is InChI=1S/C23H25BF9OP/c1-8-34-24(10-12(25)15(28)18(31)16(29)13(10)26)9-35(22(2,3)4,23(5,6)7)21-11(24)14(27)17(30)19(32)20(21)33/h8-9H2,1-7H3. The van der Waals surface area contributed by atoms with E-state index in [1.54, 1.807) is 41.5 Å². The number of fused-ring (bicyclic) bond motifs is 1. The smallest absolute Gasteiger partial charge is 0.220 e. The monoisotopic (exact) mass is 530 g/mol. The Morgan fingerprint density at radius 3 is 1.31 bits per heavy atom. The van der Waals surface area contributed by atoms with Crippen LogP contribution in [0.4, 0.5) is 39.5 Å². The predicted octanol–water partition coefficient (Wildman–Crippen LogP) is 5.83. The molecule has 12 heteroatoms. The van der Waals surface area contributed by atoms with Crippen LogP contribution in [-0.2, 0) is 4.65 Å². The lowest BCUT2D eigenvalue weighted by atomic mass is 9.33. The van der Waals surface area contributed by atoms with Crippen molar-refractivity contribution in [3.63, 3.8) is 0 Å². The van der Waals surface area contributed by atoms with Gasteiger partial charge in [0.15, 0.2) is 23.3 Å². The second-order valence-electron chi connectivity index (χ2n) is 10.7. The molecule has 0 fully saturated rings. The van der Waals surface area contributed by atoms with Crippen molar-refractivity contribution in [1.29, 1.82) is 0 Å². The van der Waals surface area contributed by atoms with Gasteiger partial charge >= 0.3 is 0 Å². The number of hydrogen-bond acceptors (Lipinski definition) is 1. The van der Waals surface area contributed by atoms with Crippen LogP contribution < -0.4 is 16.2 Å². The van der Waals surface area contributed by atoms with Gasteiger partial charge < -0.3 is 4.65 Å². The Bertz CT molecular complexity index is 1180. The van der Waals surface area contributed by atoms with Crippen molar-refractivity contribution in [2.75, 3.05) is 12.7 Å². The van der Waals surface area contributed by atoms with Gasteiger partial charge in [0.1, 0.15) is 22.8 Å². The largest absolute Gasteiger partial charge is 0.580 e. The van der Waals surface area contributed by atoms with Gasteiger partial charge in [0.25, 0.3) is 0 Å². The number of halogens is 9. The molecule has 1 aliphatic heterocycles. The summed E-state index contributed by atoms with van der Waals surface area (Å²) in [4.78, 5) is 0. The Hall–Kier alpha value is -1.74. The molecule has 0 spiro atoms. The molecule has 1 unspecified atom stereocenters. The Balaban J connectivity index is 2.73. The fourth-order valence-electron chi connectivity index (χ4n) is 6.00. The van der Waals surface area contributed by atoms with Crippen LogP contribution in [0.3, 0.4) is 0 Å². The van der Waals surface area contributed by atoms with E-state index in [1.165, 1.54) is 6.92 Å². The average molecular weight is 530 g/mol. The normalized spacial score (nSPS) is 19.9. The van der Waals surface area contributed by atoms with Crippen LogP contribution in [0.15, 0.2) is 0 Å². The molecule has 0 amide bonds. The summed E-state index contributed by atoms with van der Waals surface area (Å²) >= 11 is 0. The lowest BCUT2D eigenvalue weighted by Gasteiger charge is -2.48. The molecule has 3 rings (SSSR count). The highest BCUT2D eigenvalue weighted by atomic mass is 31.2. The summed E-state index contributed by atoms with van der Waals surface area (Å²) in [5.41, 5.74) is -2.53. The molecule has 0 aliphatic carbocycles. The third-order valence-electron chi connectivity index (χ3n) is 7.11. The molecular formula is C23H25BF9OP. The number of benzene rings is 2. The van der Waals surface area contributed by atoms with E-state index in [9.17, 15) is 22.0 Å². The van der Waals surface area contributed by atoms with E-state index in [-0.39, 0.29) is 0 Å². The van der Waals surface area contributed by atoms with E-state index in [1.807, 2.05) is 0 Å². The summed E-state index contributed by atoms with van der Waals surface area (Å²) in [6.07, 6.45) is -3.79. The summed E-state index contributed by atoms with van der Waals surface area (Å²) < 4.78 is 139. The van der Waals surface area contributed by atoms with Crippen LogP contribution in [0.1, 0.15) is 48.5 Å². The van der Waals surface area contributed by atoms with Crippen molar-refractivity contribution >= 4 is 29.8 Å². The first-order valence-corrected chi connectivity index (χ1v) is 12.9. The minimum atomic E-state index is -3.79. The zero-order valence-electron chi connectivity index (χ0n) is 20.2. The van der Waals surface area contributed by atoms with Crippen LogP contribution >= 0.6 is 7.26 Å². The van der Waals surface area contributed by atoms with Crippen molar-refractivity contribution in [3.8, 4) is 0 Å². The maximum Gasteiger partial charge on any atom is 0.220 e. The molecule has 194 valence electrons. The molecule has 0 aromatic heterocycles. The first-order valence-electron chi connectivity index (χ1n) is 10.9. The highest BCUT2D eigenvalue weighted by Crippen LogP contribution is 2.78. The fourth-order valence-corrected chi connectivity index (χ4v) is 13.0. The summed E-state index contributed by atoms with van der Waals surface area (Å²) in [7, 11) is -3.41. The zero-order valence-corrected chi connectivity index (χ0v) is 21.1. The Kier molecular flexibility index (Phi) is 6.69. The Labute approximate surface area is 198 Å². The van der Waals surface area contributed by atoms with Gasteiger partial charge in [0.2, 0.25) is 18.0 Å². The second kappa shape index (κ2) is 8.40. The van der Waals surface area contributed by atoms with Gasteiger partial charge in [-0.25, -0.2) is 35.1 Å². The molecular weight excluding hydrogens is 505 g/mol. The van der Waals surface area contributed by atoms with Crippen LogP contribution in [0.25, 0.3) is 0 Å². The molecule has 1 heterocycles. The third kappa shape index (κ3) is 3.47. The average Bonchev–Trinajstić information content (AvgIpc) is 3.06. The van der Waals surface area contributed by atoms with Gasteiger partial charge in [0, 0.05) is 7.26 Å². The molecule has 0 saturated heterocycles. The lowest BCUT2D eigenvalue weighted by Crippen LogP contribution is -2.67. The van der Waals surface area contributed by atoms with E-state index >= 15 is 17.6 Å². The summed E-state index contributed by atoms with van der Waals surface area (Å²) in [6.45, 7) is 10.6. The molecule has 0 N–H and O–H groups in total. The molecule has 1 atom stereocenters. The maximum absolute atomic E-state index is 15.6. The number of hydrogen-bond donors (Lipinski definition) is 0. The Morgan fingerprint density at radius 2 is 0.943 bits per heavy atom. The van der Waals surface area contributed by atoms with Crippen LogP contribution in [0.5, 0.6) is 0 Å². The molecule has 0 saturated carbocycles. The summed E-state index contributed by atoms with van der Waals surface area (Å²) in [5.74, 6) is -19.8. The fraction of sp³-hybridized carbons (Fsp3) is 0.478. The van der Waals surface area contributed by atoms with Crippen LogP contribution in [0.2, 0.25) is 0 Å². The van der Waals surface area contributed by atoms with Gasteiger partial charge in [-0.05, 0) is 61.1 Å². The third-order valence-corrected chi connectivity index (χ3v) is 14.0. The van der Waals surface area contributed by atoms with Gasteiger partial charge in [-0.2, -0.15) is 4.39 Å². The molecule has 2 aromatic rings. The van der Waals surface area contributed by atoms with Gasteiger partial charge in [-0.15, -0.1) is 0 Å². The second-order valence-corrected chi connectivity index (χ2v) is 15.9. The Morgan fingerprint density at radius 1 is 0.600 bits per heavy atom. The minimum Gasteiger partial charge on any atom is -0.580 e. The van der Waals surface area contributed by atoms with E-state index in [4.69, 9.17) is 4.65 Å². The van der Waals surface area contributed by atoms with Crippen LogP contribution in [-0.4, -0.2) is 29.3 Å². The van der Waals surface area contributed by atoms with Crippen molar-refractivity contribution in [3.05, 3.63) is 52.4 Å². The maximum atomic E-state index is 15.6. The molecule has 2 aromatic carbocycles.